The van der Waals surface area contributed by atoms with Crippen LogP contribution >= 0.6 is 0 Å². The number of para-hydroxylation sites is 1. The van der Waals surface area contributed by atoms with Crippen LogP contribution in [0.3, 0.4) is 0 Å². The lowest BCUT2D eigenvalue weighted by atomic mass is 9.98. The van der Waals surface area contributed by atoms with E-state index in [1.807, 2.05) is 12.1 Å². The van der Waals surface area contributed by atoms with E-state index in [2.05, 4.69) is 26.0 Å². The molecule has 1 atom stereocenters. The zero-order valence-corrected chi connectivity index (χ0v) is 11.4. The average Bonchev–Trinajstić information content (AvgIpc) is 2.46. The van der Waals surface area contributed by atoms with Gasteiger partial charge in [-0.25, -0.2) is 4.39 Å². The van der Waals surface area contributed by atoms with Gasteiger partial charge in [0, 0.05) is 0 Å². The van der Waals surface area contributed by atoms with Gasteiger partial charge in [-0.05, 0) is 35.6 Å². The highest BCUT2D eigenvalue weighted by Crippen LogP contribution is 2.20. The molecule has 0 bridgehead atoms. The Morgan fingerprint density at radius 2 is 1.74 bits per heavy atom. The zero-order chi connectivity index (χ0) is 13.7. The summed E-state index contributed by atoms with van der Waals surface area (Å²) in [7, 11) is 0. The van der Waals surface area contributed by atoms with Crippen LogP contribution in [-0.4, -0.2) is 0 Å². The van der Waals surface area contributed by atoms with Crippen LogP contribution in [0.5, 0.6) is 5.75 Å². The van der Waals surface area contributed by atoms with Gasteiger partial charge in [0.05, 0.1) is 0 Å². The molecule has 2 aromatic carbocycles. The molecule has 0 aliphatic rings. The van der Waals surface area contributed by atoms with Crippen molar-refractivity contribution in [2.24, 2.45) is 0 Å². The lowest BCUT2D eigenvalue weighted by Crippen LogP contribution is -1.98. The van der Waals surface area contributed by atoms with Crippen molar-refractivity contribution in [3.05, 3.63) is 65.5 Å². The van der Waals surface area contributed by atoms with Crippen molar-refractivity contribution in [1.82, 2.24) is 0 Å². The van der Waals surface area contributed by atoms with E-state index in [-0.39, 0.29) is 5.82 Å². The van der Waals surface area contributed by atoms with Crippen LogP contribution in [0.4, 0.5) is 4.39 Å². The molecule has 2 aromatic rings. The summed E-state index contributed by atoms with van der Waals surface area (Å²) in [6.07, 6.45) is 1.13. The van der Waals surface area contributed by atoms with Crippen molar-refractivity contribution in [3.63, 3.8) is 0 Å². The second-order valence-corrected chi connectivity index (χ2v) is 4.77. The molecule has 1 unspecified atom stereocenters. The first-order valence-electron chi connectivity index (χ1n) is 6.67. The molecule has 19 heavy (non-hydrogen) atoms. The summed E-state index contributed by atoms with van der Waals surface area (Å²) in [6, 6.07) is 14.8. The van der Waals surface area contributed by atoms with Crippen molar-refractivity contribution in [3.8, 4) is 5.75 Å². The van der Waals surface area contributed by atoms with E-state index in [4.69, 9.17) is 4.74 Å². The van der Waals surface area contributed by atoms with Gasteiger partial charge in [0.25, 0.3) is 0 Å². The highest BCUT2D eigenvalue weighted by atomic mass is 19.1. The van der Waals surface area contributed by atoms with E-state index in [9.17, 15) is 4.39 Å². The highest BCUT2D eigenvalue weighted by molar-refractivity contribution is 5.27. The minimum absolute atomic E-state index is 0.300. The second-order valence-electron chi connectivity index (χ2n) is 4.77. The Hall–Kier alpha value is -1.83. The van der Waals surface area contributed by atoms with Crippen LogP contribution in [0.1, 0.15) is 37.3 Å². The predicted molar refractivity (Wildman–Crippen MR) is 75.9 cm³/mol. The number of halogens is 1. The lowest BCUT2D eigenvalue weighted by molar-refractivity contribution is 0.290. The maximum Gasteiger partial charge on any atom is 0.165 e. The van der Waals surface area contributed by atoms with Crippen molar-refractivity contribution < 1.29 is 9.13 Å². The highest BCUT2D eigenvalue weighted by Gasteiger charge is 2.04. The number of rotatable bonds is 5. The molecule has 0 aliphatic carbocycles. The normalized spacial score (nSPS) is 12.2. The van der Waals surface area contributed by atoms with Gasteiger partial charge in [0.15, 0.2) is 11.6 Å². The number of hydrogen-bond acceptors (Lipinski definition) is 1. The summed E-state index contributed by atoms with van der Waals surface area (Å²) in [5, 5.41) is 0. The first-order chi connectivity index (χ1) is 9.20. The minimum atomic E-state index is -0.321. The molecule has 100 valence electrons. The van der Waals surface area contributed by atoms with E-state index >= 15 is 0 Å². The molecular formula is C17H19FO. The molecule has 0 saturated heterocycles. The molecule has 0 heterocycles. The fourth-order valence-electron chi connectivity index (χ4n) is 1.90. The summed E-state index contributed by atoms with van der Waals surface area (Å²) in [6.45, 7) is 4.78. The van der Waals surface area contributed by atoms with E-state index in [0.717, 1.165) is 12.0 Å². The SMILES string of the molecule is CCC(C)c1ccc(COc2ccccc2F)cc1. The molecular weight excluding hydrogens is 239 g/mol. The van der Waals surface area contributed by atoms with Crippen LogP contribution in [0, 0.1) is 5.82 Å². The van der Waals surface area contributed by atoms with Crippen LogP contribution in [0.2, 0.25) is 0 Å². The third-order valence-electron chi connectivity index (χ3n) is 3.39. The Labute approximate surface area is 114 Å². The number of benzene rings is 2. The molecule has 0 amide bonds. The van der Waals surface area contributed by atoms with E-state index in [1.54, 1.807) is 18.2 Å². The molecule has 2 heteroatoms. The van der Waals surface area contributed by atoms with Gasteiger partial charge in [-0.2, -0.15) is 0 Å². The Morgan fingerprint density at radius 3 is 2.37 bits per heavy atom. The fraction of sp³-hybridized carbons (Fsp3) is 0.294. The van der Waals surface area contributed by atoms with Crippen LogP contribution in [0.25, 0.3) is 0 Å². The standard InChI is InChI=1S/C17H19FO/c1-3-13(2)15-10-8-14(9-11-15)12-19-17-7-5-4-6-16(17)18/h4-11,13H,3,12H2,1-2H3. The maximum atomic E-state index is 13.4. The molecule has 0 aromatic heterocycles. The molecule has 1 nitrogen and oxygen atoms in total. The first-order valence-corrected chi connectivity index (χ1v) is 6.67. The molecule has 2 rings (SSSR count). The molecule has 0 fully saturated rings. The monoisotopic (exact) mass is 258 g/mol. The van der Waals surface area contributed by atoms with E-state index in [1.165, 1.54) is 11.6 Å². The Kier molecular flexibility index (Phi) is 4.56. The summed E-state index contributed by atoms with van der Waals surface area (Å²) in [4.78, 5) is 0. The predicted octanol–water partition coefficient (Wildman–Crippen LogP) is 4.92. The van der Waals surface area contributed by atoms with Gasteiger partial charge < -0.3 is 4.74 Å². The molecule has 0 radical (unpaired) electrons. The molecule has 0 N–H and O–H groups in total. The maximum absolute atomic E-state index is 13.4. The molecule has 0 aliphatic heterocycles. The first kappa shape index (κ1) is 13.6. The lowest BCUT2D eigenvalue weighted by Gasteiger charge is -2.11. The molecule has 0 saturated carbocycles. The van der Waals surface area contributed by atoms with Crippen molar-refractivity contribution >= 4 is 0 Å². The Bertz CT molecular complexity index is 519. The van der Waals surface area contributed by atoms with Crippen molar-refractivity contribution in [2.75, 3.05) is 0 Å². The average molecular weight is 258 g/mol. The van der Waals surface area contributed by atoms with Crippen LogP contribution < -0.4 is 4.74 Å². The summed E-state index contributed by atoms with van der Waals surface area (Å²) in [5.74, 6) is 0.550. The van der Waals surface area contributed by atoms with Crippen molar-refractivity contribution in [1.29, 1.82) is 0 Å². The molecule has 0 spiro atoms. The largest absolute Gasteiger partial charge is 0.486 e. The second kappa shape index (κ2) is 6.37. The van der Waals surface area contributed by atoms with Gasteiger partial charge in [0.1, 0.15) is 6.61 Å². The van der Waals surface area contributed by atoms with Gasteiger partial charge in [0.2, 0.25) is 0 Å². The Balaban J connectivity index is 1.99. The van der Waals surface area contributed by atoms with E-state index < -0.39 is 0 Å². The summed E-state index contributed by atoms with van der Waals surface area (Å²) >= 11 is 0. The quantitative estimate of drug-likeness (QED) is 0.739. The zero-order valence-electron chi connectivity index (χ0n) is 11.4. The summed E-state index contributed by atoms with van der Waals surface area (Å²) in [5.41, 5.74) is 2.38. The summed E-state index contributed by atoms with van der Waals surface area (Å²) < 4.78 is 18.9. The van der Waals surface area contributed by atoms with Crippen molar-refractivity contribution in [2.45, 2.75) is 32.8 Å². The number of hydrogen-bond donors (Lipinski definition) is 0. The fourth-order valence-corrected chi connectivity index (χ4v) is 1.90. The third kappa shape index (κ3) is 3.57. The smallest absolute Gasteiger partial charge is 0.165 e. The number of ether oxygens (including phenoxy) is 1. The van der Waals surface area contributed by atoms with E-state index in [0.29, 0.717) is 18.3 Å². The minimum Gasteiger partial charge on any atom is -0.486 e. The Morgan fingerprint density at radius 1 is 1.05 bits per heavy atom. The van der Waals surface area contributed by atoms with Gasteiger partial charge in [-0.3, -0.25) is 0 Å². The van der Waals surface area contributed by atoms with Gasteiger partial charge in [-0.1, -0.05) is 50.2 Å². The van der Waals surface area contributed by atoms with Gasteiger partial charge in [-0.15, -0.1) is 0 Å². The van der Waals surface area contributed by atoms with Crippen LogP contribution in [0.15, 0.2) is 48.5 Å². The van der Waals surface area contributed by atoms with Gasteiger partial charge >= 0.3 is 0 Å². The van der Waals surface area contributed by atoms with Crippen LogP contribution in [-0.2, 0) is 6.61 Å². The topological polar surface area (TPSA) is 9.23 Å². The third-order valence-corrected chi connectivity index (χ3v) is 3.39.